The first-order chi connectivity index (χ1) is 14.2. The van der Waals surface area contributed by atoms with Gasteiger partial charge in [0.2, 0.25) is 0 Å². The number of aliphatic imine (C=N–C) groups is 2. The van der Waals surface area contributed by atoms with Crippen LogP contribution in [0.2, 0.25) is 0 Å². The second-order valence-electron chi connectivity index (χ2n) is 6.80. The molecule has 2 aromatic carbocycles. The van der Waals surface area contributed by atoms with Crippen LogP contribution >= 0.6 is 23.5 Å². The fraction of sp³-hybridized carbons (Fsp3) is 0.300. The van der Waals surface area contributed by atoms with Crippen molar-refractivity contribution < 1.29 is 9.85 Å². The van der Waals surface area contributed by atoms with E-state index in [9.17, 15) is 20.2 Å². The molecule has 30 heavy (non-hydrogen) atoms. The maximum absolute atomic E-state index is 11.3. The van der Waals surface area contributed by atoms with Crippen molar-refractivity contribution in [3.8, 4) is 0 Å². The lowest BCUT2D eigenvalue weighted by molar-refractivity contribution is -0.385. The van der Waals surface area contributed by atoms with Crippen molar-refractivity contribution in [2.45, 2.75) is 27.7 Å². The highest BCUT2D eigenvalue weighted by Crippen LogP contribution is 2.36. The summed E-state index contributed by atoms with van der Waals surface area (Å²) in [4.78, 5) is 31.3. The van der Waals surface area contributed by atoms with Crippen LogP contribution in [0.25, 0.3) is 0 Å². The van der Waals surface area contributed by atoms with Crippen LogP contribution in [0.5, 0.6) is 0 Å². The zero-order valence-corrected chi connectivity index (χ0v) is 18.6. The van der Waals surface area contributed by atoms with Crippen molar-refractivity contribution in [1.82, 2.24) is 0 Å². The molecule has 0 unspecified atom stereocenters. The largest absolute Gasteiger partial charge is 0.274 e. The predicted molar refractivity (Wildman–Crippen MR) is 124 cm³/mol. The van der Waals surface area contributed by atoms with Crippen LogP contribution in [0.4, 0.5) is 22.7 Å². The minimum atomic E-state index is -0.411. The van der Waals surface area contributed by atoms with Gasteiger partial charge in [-0.05, 0) is 38.8 Å². The Morgan fingerprint density at radius 2 is 1.10 bits per heavy atom. The van der Waals surface area contributed by atoms with Gasteiger partial charge in [-0.2, -0.15) is 0 Å². The third kappa shape index (κ3) is 4.39. The standard InChI is InChI=1S/C20H20N4O4S2/c1-11-5-7-15(23(25)26)13(3)17(11)21-19-20(30-10-9-29-19)22-18-12(2)6-8-16(14(18)4)24(27)28/h5-8H,9-10H2,1-4H3/b21-19-,22-20-. The Hall–Kier alpha value is -2.72. The van der Waals surface area contributed by atoms with E-state index in [-0.39, 0.29) is 11.4 Å². The molecule has 0 amide bonds. The van der Waals surface area contributed by atoms with Gasteiger partial charge < -0.3 is 0 Å². The first-order valence-corrected chi connectivity index (χ1v) is 11.1. The molecule has 0 atom stereocenters. The van der Waals surface area contributed by atoms with Crippen LogP contribution in [0.15, 0.2) is 34.3 Å². The summed E-state index contributed by atoms with van der Waals surface area (Å²) in [6.07, 6.45) is 0. The maximum Gasteiger partial charge on any atom is 0.274 e. The van der Waals surface area contributed by atoms with E-state index in [1.807, 2.05) is 13.8 Å². The molecule has 0 radical (unpaired) electrons. The summed E-state index contributed by atoms with van der Waals surface area (Å²) in [7, 11) is 0. The second-order valence-corrected chi connectivity index (χ2v) is 8.96. The fourth-order valence-corrected chi connectivity index (χ4v) is 5.21. The van der Waals surface area contributed by atoms with Crippen LogP contribution in [-0.4, -0.2) is 31.4 Å². The molecule has 0 aliphatic carbocycles. The Labute approximate surface area is 182 Å². The third-order valence-electron chi connectivity index (χ3n) is 4.77. The van der Waals surface area contributed by atoms with Crippen molar-refractivity contribution in [2.24, 2.45) is 9.98 Å². The summed E-state index contributed by atoms with van der Waals surface area (Å²) in [6, 6.07) is 6.36. The molecule has 1 fully saturated rings. The third-order valence-corrected chi connectivity index (χ3v) is 7.09. The first-order valence-electron chi connectivity index (χ1n) is 9.13. The van der Waals surface area contributed by atoms with Gasteiger partial charge in [-0.1, -0.05) is 12.1 Å². The van der Waals surface area contributed by atoms with Crippen LogP contribution in [0, 0.1) is 47.9 Å². The van der Waals surface area contributed by atoms with Gasteiger partial charge in [-0.3, -0.25) is 20.2 Å². The van der Waals surface area contributed by atoms with Gasteiger partial charge >= 0.3 is 0 Å². The van der Waals surface area contributed by atoms with E-state index in [4.69, 9.17) is 9.98 Å². The van der Waals surface area contributed by atoms with Crippen molar-refractivity contribution in [2.75, 3.05) is 11.5 Å². The van der Waals surface area contributed by atoms with E-state index >= 15 is 0 Å². The highest BCUT2D eigenvalue weighted by atomic mass is 32.2. The van der Waals surface area contributed by atoms with Gasteiger partial charge in [0.15, 0.2) is 0 Å². The Morgan fingerprint density at radius 3 is 1.43 bits per heavy atom. The van der Waals surface area contributed by atoms with Gasteiger partial charge in [0, 0.05) is 23.6 Å². The summed E-state index contributed by atoms with van der Waals surface area (Å²) >= 11 is 3.07. The Morgan fingerprint density at radius 1 is 0.733 bits per heavy atom. The Bertz CT molecular complexity index is 1020. The molecule has 8 nitrogen and oxygen atoms in total. The van der Waals surface area contributed by atoms with Crippen molar-refractivity contribution in [3.05, 3.63) is 66.7 Å². The van der Waals surface area contributed by atoms with Gasteiger partial charge in [0.25, 0.3) is 11.4 Å². The molecule has 10 heteroatoms. The summed E-state index contributed by atoms with van der Waals surface area (Å²) in [5, 5.41) is 24.0. The van der Waals surface area contributed by atoms with Crippen molar-refractivity contribution >= 4 is 56.4 Å². The lowest BCUT2D eigenvalue weighted by atomic mass is 10.1. The summed E-state index contributed by atoms with van der Waals surface area (Å²) in [5.41, 5.74) is 3.86. The quantitative estimate of drug-likeness (QED) is 0.424. The minimum Gasteiger partial charge on any atom is -0.258 e. The van der Waals surface area contributed by atoms with Crippen molar-refractivity contribution in [1.29, 1.82) is 0 Å². The number of nitrogens with zero attached hydrogens (tertiary/aromatic N) is 4. The average molecular weight is 445 g/mol. The van der Waals surface area contributed by atoms with Crippen molar-refractivity contribution in [3.63, 3.8) is 0 Å². The van der Waals surface area contributed by atoms with Gasteiger partial charge in [0.05, 0.1) is 32.3 Å². The minimum absolute atomic E-state index is 0.0253. The van der Waals surface area contributed by atoms with Gasteiger partial charge in [-0.25, -0.2) is 9.98 Å². The Kier molecular flexibility index (Phi) is 6.57. The van der Waals surface area contributed by atoms with E-state index in [1.165, 1.54) is 35.7 Å². The number of rotatable bonds is 4. The van der Waals surface area contributed by atoms with E-state index in [0.29, 0.717) is 32.6 Å². The Balaban J connectivity index is 2.14. The number of hydrogen-bond acceptors (Lipinski definition) is 8. The fourth-order valence-electron chi connectivity index (χ4n) is 3.15. The number of hydrogen-bond donors (Lipinski definition) is 0. The second kappa shape index (κ2) is 8.97. The SMILES string of the molecule is Cc1ccc([N+](=O)[O-])c(C)c1/N=C1\SCCS\C1=N/c1c(C)ccc([N+](=O)[O-])c1C. The lowest BCUT2D eigenvalue weighted by Gasteiger charge is -2.17. The molecule has 3 rings (SSSR count). The number of nitro benzene ring substituents is 2. The molecule has 0 aromatic heterocycles. The summed E-state index contributed by atoms with van der Waals surface area (Å²) in [6.45, 7) is 7.11. The number of aryl methyl sites for hydroxylation is 2. The zero-order valence-electron chi connectivity index (χ0n) is 17.0. The lowest BCUT2D eigenvalue weighted by Crippen LogP contribution is -2.15. The van der Waals surface area contributed by atoms with E-state index < -0.39 is 9.85 Å². The molecule has 1 heterocycles. The molecular formula is C20H20N4O4S2. The molecule has 0 N–H and O–H groups in total. The topological polar surface area (TPSA) is 111 Å². The smallest absolute Gasteiger partial charge is 0.258 e. The van der Waals surface area contributed by atoms with Gasteiger partial charge in [0.1, 0.15) is 10.1 Å². The van der Waals surface area contributed by atoms with Crippen LogP contribution in [0.3, 0.4) is 0 Å². The maximum atomic E-state index is 11.3. The van der Waals surface area contributed by atoms with E-state index in [2.05, 4.69) is 0 Å². The molecule has 2 aromatic rings. The number of thioether (sulfide) groups is 2. The van der Waals surface area contributed by atoms with E-state index in [1.54, 1.807) is 26.0 Å². The predicted octanol–water partition coefficient (Wildman–Crippen LogP) is 5.98. The molecule has 0 spiro atoms. The number of benzene rings is 2. The molecule has 0 saturated carbocycles. The molecular weight excluding hydrogens is 424 g/mol. The van der Waals surface area contributed by atoms with E-state index in [0.717, 1.165) is 22.6 Å². The molecule has 1 saturated heterocycles. The summed E-state index contributed by atoms with van der Waals surface area (Å²) < 4.78 is 0. The first kappa shape index (κ1) is 22.0. The average Bonchev–Trinajstić information content (AvgIpc) is 2.68. The van der Waals surface area contributed by atoms with Crippen LogP contribution in [0.1, 0.15) is 22.3 Å². The number of nitro groups is 2. The molecule has 156 valence electrons. The van der Waals surface area contributed by atoms with Gasteiger partial charge in [-0.15, -0.1) is 23.5 Å². The highest BCUT2D eigenvalue weighted by molar-refractivity contribution is 8.27. The normalized spacial score (nSPS) is 16.8. The molecule has 1 aliphatic rings. The zero-order chi connectivity index (χ0) is 22.0. The van der Waals surface area contributed by atoms with Crippen LogP contribution < -0.4 is 0 Å². The summed E-state index contributed by atoms with van der Waals surface area (Å²) in [5.74, 6) is 1.67. The van der Waals surface area contributed by atoms with Crippen LogP contribution in [-0.2, 0) is 0 Å². The monoisotopic (exact) mass is 444 g/mol. The molecule has 1 aliphatic heterocycles. The molecule has 0 bridgehead atoms. The highest BCUT2D eigenvalue weighted by Gasteiger charge is 2.22.